The molecular formula is C14H15F3N2O3. The van der Waals surface area contributed by atoms with Gasteiger partial charge in [-0.3, -0.25) is 4.79 Å². The predicted molar refractivity (Wildman–Crippen MR) is 71.4 cm³/mol. The molecule has 2 unspecified atom stereocenters. The molecule has 0 aliphatic carbocycles. The molecule has 2 rings (SSSR count). The van der Waals surface area contributed by atoms with Gasteiger partial charge in [0.15, 0.2) is 0 Å². The van der Waals surface area contributed by atoms with E-state index < -0.39 is 30.1 Å². The summed E-state index contributed by atoms with van der Waals surface area (Å²) in [7, 11) is 0. The lowest BCUT2D eigenvalue weighted by Crippen LogP contribution is -2.53. The van der Waals surface area contributed by atoms with Gasteiger partial charge in [-0.25, -0.2) is 4.79 Å². The smallest absolute Gasteiger partial charge is 0.465 e. The lowest BCUT2D eigenvalue weighted by atomic mass is 9.86. The molecule has 120 valence electrons. The first-order chi connectivity index (χ1) is 10.3. The maximum atomic E-state index is 12.4. The number of likely N-dealkylation sites (tertiary alicyclic amines) is 1. The number of hydrogen-bond acceptors (Lipinski definition) is 2. The van der Waals surface area contributed by atoms with Crippen LogP contribution in [0.2, 0.25) is 0 Å². The largest absolute Gasteiger partial charge is 0.471 e. The standard InChI is InChI=1S/C14H15F3N2O3/c15-14(16,17)12(20)18-11-6-7-19(13(21)22)8-10(11)9-4-2-1-3-5-9/h1-5,10-11H,6-8H2,(H,18,20)(H,21,22). The lowest BCUT2D eigenvalue weighted by molar-refractivity contribution is -0.174. The first-order valence-corrected chi connectivity index (χ1v) is 6.69. The Kier molecular flexibility index (Phi) is 4.58. The van der Waals surface area contributed by atoms with Crippen molar-refractivity contribution in [3.63, 3.8) is 0 Å². The number of nitrogens with zero attached hydrogens (tertiary/aromatic N) is 1. The van der Waals surface area contributed by atoms with Crippen molar-refractivity contribution in [3.05, 3.63) is 35.9 Å². The van der Waals surface area contributed by atoms with Crippen LogP contribution in [0.4, 0.5) is 18.0 Å². The highest BCUT2D eigenvalue weighted by molar-refractivity contribution is 5.82. The van der Waals surface area contributed by atoms with Gasteiger partial charge in [0.2, 0.25) is 0 Å². The van der Waals surface area contributed by atoms with Crippen molar-refractivity contribution in [2.24, 2.45) is 0 Å². The molecule has 2 N–H and O–H groups in total. The number of carbonyl (C=O) groups excluding carboxylic acids is 1. The normalized spacial score (nSPS) is 22.2. The third-order valence-corrected chi connectivity index (χ3v) is 3.69. The second kappa shape index (κ2) is 6.25. The number of benzene rings is 1. The lowest BCUT2D eigenvalue weighted by Gasteiger charge is -2.38. The molecule has 1 aromatic rings. The van der Waals surface area contributed by atoms with Crippen LogP contribution in [0.5, 0.6) is 0 Å². The monoisotopic (exact) mass is 316 g/mol. The Labute approximate surface area is 124 Å². The van der Waals surface area contributed by atoms with E-state index in [1.165, 1.54) is 0 Å². The fraction of sp³-hybridized carbons (Fsp3) is 0.429. The molecule has 0 bridgehead atoms. The molecule has 0 radical (unpaired) electrons. The van der Waals surface area contributed by atoms with E-state index in [1.807, 2.05) is 5.32 Å². The molecule has 1 aliphatic rings. The van der Waals surface area contributed by atoms with Crippen LogP contribution in [0.1, 0.15) is 17.9 Å². The zero-order valence-corrected chi connectivity index (χ0v) is 11.5. The third kappa shape index (κ3) is 3.69. The molecule has 2 amide bonds. The van der Waals surface area contributed by atoms with E-state index in [9.17, 15) is 22.8 Å². The van der Waals surface area contributed by atoms with Crippen LogP contribution in [-0.2, 0) is 4.79 Å². The number of rotatable bonds is 2. The molecule has 1 aromatic carbocycles. The molecular weight excluding hydrogens is 301 g/mol. The van der Waals surface area contributed by atoms with Gasteiger partial charge < -0.3 is 15.3 Å². The first kappa shape index (κ1) is 16.1. The van der Waals surface area contributed by atoms with E-state index in [0.29, 0.717) is 5.56 Å². The molecule has 1 aliphatic heterocycles. The average Bonchev–Trinajstić information content (AvgIpc) is 2.47. The highest BCUT2D eigenvalue weighted by Crippen LogP contribution is 2.28. The van der Waals surface area contributed by atoms with Crippen LogP contribution in [-0.4, -0.2) is 47.3 Å². The maximum absolute atomic E-state index is 12.4. The summed E-state index contributed by atoms with van der Waals surface area (Å²) in [6.45, 7) is 0.129. The molecule has 1 fully saturated rings. The molecule has 2 atom stereocenters. The van der Waals surface area contributed by atoms with Crippen molar-refractivity contribution in [2.45, 2.75) is 24.6 Å². The summed E-state index contributed by atoms with van der Waals surface area (Å²) in [5, 5.41) is 11.0. The number of carboxylic acid groups (broad SMARTS) is 1. The second-order valence-corrected chi connectivity index (χ2v) is 5.11. The summed E-state index contributed by atoms with van der Waals surface area (Å²) >= 11 is 0. The zero-order chi connectivity index (χ0) is 16.3. The van der Waals surface area contributed by atoms with Crippen molar-refractivity contribution in [3.8, 4) is 0 Å². The van der Waals surface area contributed by atoms with Crippen LogP contribution in [0.15, 0.2) is 30.3 Å². The molecule has 22 heavy (non-hydrogen) atoms. The van der Waals surface area contributed by atoms with Gasteiger partial charge in [-0.15, -0.1) is 0 Å². The molecule has 8 heteroatoms. The van der Waals surface area contributed by atoms with E-state index in [1.54, 1.807) is 30.3 Å². The van der Waals surface area contributed by atoms with Gasteiger partial charge in [-0.1, -0.05) is 30.3 Å². The Morgan fingerprint density at radius 2 is 1.86 bits per heavy atom. The fourth-order valence-corrected chi connectivity index (χ4v) is 2.59. The zero-order valence-electron chi connectivity index (χ0n) is 11.5. The molecule has 0 aromatic heterocycles. The fourth-order valence-electron chi connectivity index (χ4n) is 2.59. The van der Waals surface area contributed by atoms with Gasteiger partial charge in [-0.05, 0) is 12.0 Å². The molecule has 1 saturated heterocycles. The number of amides is 2. The number of nitrogens with one attached hydrogen (secondary N) is 1. The van der Waals surface area contributed by atoms with Gasteiger partial charge in [0, 0.05) is 25.0 Å². The summed E-state index contributed by atoms with van der Waals surface area (Å²) in [4.78, 5) is 23.4. The van der Waals surface area contributed by atoms with Crippen LogP contribution in [0.3, 0.4) is 0 Å². The van der Waals surface area contributed by atoms with Crippen LogP contribution in [0, 0.1) is 0 Å². The SMILES string of the molecule is O=C(O)N1CCC(NC(=O)C(F)(F)F)C(c2ccccc2)C1. The number of halogens is 3. The minimum Gasteiger partial charge on any atom is -0.465 e. The topological polar surface area (TPSA) is 69.6 Å². The Hall–Kier alpha value is -2.25. The van der Waals surface area contributed by atoms with Crippen molar-refractivity contribution in [1.29, 1.82) is 0 Å². The summed E-state index contributed by atoms with van der Waals surface area (Å²) in [5.74, 6) is -2.51. The number of piperidine rings is 1. The summed E-state index contributed by atoms with van der Waals surface area (Å²) in [5.41, 5.74) is 0.695. The van der Waals surface area contributed by atoms with Gasteiger partial charge in [0.1, 0.15) is 0 Å². The van der Waals surface area contributed by atoms with Crippen LogP contribution >= 0.6 is 0 Å². The van der Waals surface area contributed by atoms with Crippen molar-refractivity contribution >= 4 is 12.0 Å². The van der Waals surface area contributed by atoms with Crippen LogP contribution < -0.4 is 5.32 Å². The Morgan fingerprint density at radius 3 is 2.41 bits per heavy atom. The Balaban J connectivity index is 2.20. The molecule has 0 saturated carbocycles. The van der Waals surface area contributed by atoms with E-state index in [2.05, 4.69) is 0 Å². The quantitative estimate of drug-likeness (QED) is 0.879. The van der Waals surface area contributed by atoms with Crippen LogP contribution in [0.25, 0.3) is 0 Å². The van der Waals surface area contributed by atoms with Gasteiger partial charge in [0.25, 0.3) is 0 Å². The summed E-state index contributed by atoms with van der Waals surface area (Å²) in [6, 6.07) is 7.86. The van der Waals surface area contributed by atoms with Gasteiger partial charge in [-0.2, -0.15) is 13.2 Å². The first-order valence-electron chi connectivity index (χ1n) is 6.69. The number of carbonyl (C=O) groups is 2. The molecule has 0 spiro atoms. The molecule has 1 heterocycles. The third-order valence-electron chi connectivity index (χ3n) is 3.69. The van der Waals surface area contributed by atoms with Gasteiger partial charge >= 0.3 is 18.2 Å². The van der Waals surface area contributed by atoms with E-state index in [-0.39, 0.29) is 19.5 Å². The second-order valence-electron chi connectivity index (χ2n) is 5.11. The average molecular weight is 316 g/mol. The molecule has 5 nitrogen and oxygen atoms in total. The highest BCUT2D eigenvalue weighted by Gasteiger charge is 2.42. The minimum atomic E-state index is -4.95. The Morgan fingerprint density at radius 1 is 1.23 bits per heavy atom. The Bertz CT molecular complexity index is 548. The summed E-state index contributed by atoms with van der Waals surface area (Å²) < 4.78 is 37.3. The van der Waals surface area contributed by atoms with Crippen molar-refractivity contribution < 1.29 is 27.9 Å². The summed E-state index contributed by atoms with van der Waals surface area (Å²) in [6.07, 6.45) is -5.94. The van der Waals surface area contributed by atoms with E-state index in [0.717, 1.165) is 4.90 Å². The van der Waals surface area contributed by atoms with E-state index >= 15 is 0 Å². The number of alkyl halides is 3. The van der Waals surface area contributed by atoms with E-state index in [4.69, 9.17) is 5.11 Å². The van der Waals surface area contributed by atoms with Crippen molar-refractivity contribution in [1.82, 2.24) is 10.2 Å². The highest BCUT2D eigenvalue weighted by atomic mass is 19.4. The maximum Gasteiger partial charge on any atom is 0.471 e. The van der Waals surface area contributed by atoms with Crippen molar-refractivity contribution in [2.75, 3.05) is 13.1 Å². The minimum absolute atomic E-state index is 0.0438. The van der Waals surface area contributed by atoms with Gasteiger partial charge in [0.05, 0.1) is 0 Å². The number of hydrogen-bond donors (Lipinski definition) is 2. The predicted octanol–water partition coefficient (Wildman–Crippen LogP) is 2.20.